The van der Waals surface area contributed by atoms with Gasteiger partial charge in [-0.25, -0.2) is 4.39 Å². The SMILES string of the molecule is O[C@H]1CC(c2cc(Cl)cc(Cl)c2)Oc2cc(F)ccc21. The minimum absolute atomic E-state index is 0.352. The number of aliphatic hydroxyl groups is 1. The van der Waals surface area contributed by atoms with Crippen LogP contribution in [0.2, 0.25) is 10.0 Å². The molecule has 0 bridgehead atoms. The highest BCUT2D eigenvalue weighted by atomic mass is 35.5. The number of aliphatic hydroxyl groups excluding tert-OH is 1. The van der Waals surface area contributed by atoms with Crippen LogP contribution in [-0.4, -0.2) is 5.11 Å². The van der Waals surface area contributed by atoms with Crippen LogP contribution in [0.15, 0.2) is 36.4 Å². The van der Waals surface area contributed by atoms with Gasteiger partial charge in [0.15, 0.2) is 0 Å². The molecule has 104 valence electrons. The molecule has 5 heteroatoms. The average Bonchev–Trinajstić information content (AvgIpc) is 2.36. The molecule has 1 aliphatic rings. The van der Waals surface area contributed by atoms with Crippen molar-refractivity contribution in [3.8, 4) is 5.75 Å². The number of rotatable bonds is 1. The van der Waals surface area contributed by atoms with Crippen LogP contribution in [0.1, 0.15) is 29.8 Å². The zero-order chi connectivity index (χ0) is 14.3. The van der Waals surface area contributed by atoms with Gasteiger partial charge in [-0.15, -0.1) is 0 Å². The quantitative estimate of drug-likeness (QED) is 0.827. The molecule has 0 saturated carbocycles. The molecule has 2 nitrogen and oxygen atoms in total. The molecule has 2 aromatic carbocycles. The van der Waals surface area contributed by atoms with Crippen LogP contribution in [0.3, 0.4) is 0 Å². The molecule has 1 heterocycles. The lowest BCUT2D eigenvalue weighted by molar-refractivity contribution is 0.0654. The Kier molecular flexibility index (Phi) is 3.59. The van der Waals surface area contributed by atoms with Gasteiger partial charge in [0.05, 0.1) is 6.10 Å². The van der Waals surface area contributed by atoms with Crippen molar-refractivity contribution >= 4 is 23.2 Å². The third kappa shape index (κ3) is 2.62. The molecule has 2 atom stereocenters. The van der Waals surface area contributed by atoms with Crippen molar-refractivity contribution in [1.82, 2.24) is 0 Å². The van der Waals surface area contributed by atoms with Crippen LogP contribution in [0.4, 0.5) is 4.39 Å². The summed E-state index contributed by atoms with van der Waals surface area (Å²) in [6, 6.07) is 9.21. The Balaban J connectivity index is 1.98. The second-order valence-corrected chi connectivity index (χ2v) is 5.62. The van der Waals surface area contributed by atoms with E-state index in [-0.39, 0.29) is 0 Å². The number of hydrogen-bond donors (Lipinski definition) is 1. The van der Waals surface area contributed by atoms with E-state index in [1.54, 1.807) is 18.2 Å². The van der Waals surface area contributed by atoms with Crippen molar-refractivity contribution in [3.05, 3.63) is 63.4 Å². The number of halogens is 3. The van der Waals surface area contributed by atoms with Gasteiger partial charge < -0.3 is 9.84 Å². The maximum atomic E-state index is 13.3. The summed E-state index contributed by atoms with van der Waals surface area (Å²) in [5, 5.41) is 11.1. The molecule has 0 spiro atoms. The van der Waals surface area contributed by atoms with Crippen molar-refractivity contribution in [2.75, 3.05) is 0 Å². The second-order valence-electron chi connectivity index (χ2n) is 4.74. The lowest BCUT2D eigenvalue weighted by Gasteiger charge is -2.30. The Morgan fingerprint density at radius 2 is 1.80 bits per heavy atom. The largest absolute Gasteiger partial charge is 0.485 e. The van der Waals surface area contributed by atoms with E-state index in [9.17, 15) is 9.50 Å². The van der Waals surface area contributed by atoms with E-state index >= 15 is 0 Å². The Bertz CT molecular complexity index is 640. The standard InChI is InChI=1S/C15H11Cl2FO2/c16-9-3-8(4-10(17)5-9)14-7-13(19)12-2-1-11(18)6-15(12)20-14/h1-6,13-14,19H,7H2/t13-,14?/m0/s1. The number of ether oxygens (including phenoxy) is 1. The Labute approximate surface area is 125 Å². The van der Waals surface area contributed by atoms with Crippen molar-refractivity contribution in [2.24, 2.45) is 0 Å². The first kappa shape index (κ1) is 13.7. The summed E-state index contributed by atoms with van der Waals surface area (Å²) >= 11 is 11.9. The van der Waals surface area contributed by atoms with Gasteiger partial charge in [0, 0.05) is 28.1 Å². The maximum absolute atomic E-state index is 13.3. The smallest absolute Gasteiger partial charge is 0.128 e. The predicted molar refractivity (Wildman–Crippen MR) is 75.8 cm³/mol. The Morgan fingerprint density at radius 1 is 1.10 bits per heavy atom. The van der Waals surface area contributed by atoms with Crippen LogP contribution >= 0.6 is 23.2 Å². The predicted octanol–water partition coefficient (Wildman–Crippen LogP) is 4.69. The van der Waals surface area contributed by atoms with Crippen LogP contribution in [0.5, 0.6) is 5.75 Å². The highest BCUT2D eigenvalue weighted by Gasteiger charge is 2.28. The highest BCUT2D eigenvalue weighted by Crippen LogP contribution is 2.41. The van der Waals surface area contributed by atoms with Crippen LogP contribution in [0.25, 0.3) is 0 Å². The molecular formula is C15H11Cl2FO2. The molecule has 0 radical (unpaired) electrons. The number of benzene rings is 2. The van der Waals surface area contributed by atoms with Crippen LogP contribution in [0, 0.1) is 5.82 Å². The molecule has 1 aliphatic heterocycles. The van der Waals surface area contributed by atoms with Crippen molar-refractivity contribution in [3.63, 3.8) is 0 Å². The number of fused-ring (bicyclic) bond motifs is 1. The first-order valence-corrected chi connectivity index (χ1v) is 6.88. The molecule has 1 unspecified atom stereocenters. The third-order valence-corrected chi connectivity index (χ3v) is 3.73. The molecule has 0 aliphatic carbocycles. The third-order valence-electron chi connectivity index (χ3n) is 3.30. The minimum atomic E-state index is -0.706. The Hall–Kier alpha value is -1.29. The fraction of sp³-hybridized carbons (Fsp3) is 0.200. The monoisotopic (exact) mass is 312 g/mol. The summed E-state index contributed by atoms with van der Waals surface area (Å²) in [7, 11) is 0. The molecule has 0 aromatic heterocycles. The lowest BCUT2D eigenvalue weighted by atomic mass is 9.95. The van der Waals surface area contributed by atoms with E-state index in [0.717, 1.165) is 5.56 Å². The van der Waals surface area contributed by atoms with E-state index in [1.165, 1.54) is 18.2 Å². The molecule has 0 amide bonds. The van der Waals surface area contributed by atoms with E-state index in [0.29, 0.717) is 27.8 Å². The van der Waals surface area contributed by atoms with E-state index in [1.807, 2.05) is 0 Å². The average molecular weight is 313 g/mol. The van der Waals surface area contributed by atoms with Gasteiger partial charge in [-0.1, -0.05) is 23.2 Å². The van der Waals surface area contributed by atoms with Crippen LogP contribution < -0.4 is 4.74 Å². The Morgan fingerprint density at radius 3 is 2.50 bits per heavy atom. The van der Waals surface area contributed by atoms with Gasteiger partial charge in [-0.2, -0.15) is 0 Å². The zero-order valence-corrected chi connectivity index (χ0v) is 11.8. The fourth-order valence-corrected chi connectivity index (χ4v) is 2.92. The molecule has 0 fully saturated rings. The van der Waals surface area contributed by atoms with Gasteiger partial charge in [0.2, 0.25) is 0 Å². The van der Waals surface area contributed by atoms with Crippen LogP contribution in [-0.2, 0) is 0 Å². The second kappa shape index (κ2) is 5.24. The first-order chi connectivity index (χ1) is 9.52. The van der Waals surface area contributed by atoms with Crippen molar-refractivity contribution in [1.29, 1.82) is 0 Å². The summed E-state index contributed by atoms with van der Waals surface area (Å²) < 4.78 is 19.0. The lowest BCUT2D eigenvalue weighted by Crippen LogP contribution is -2.19. The normalized spacial score (nSPS) is 21.2. The topological polar surface area (TPSA) is 29.5 Å². The van der Waals surface area contributed by atoms with Gasteiger partial charge in [0.1, 0.15) is 17.7 Å². The van der Waals surface area contributed by atoms with Crippen molar-refractivity contribution in [2.45, 2.75) is 18.6 Å². The summed E-state index contributed by atoms with van der Waals surface area (Å²) in [5.74, 6) is -0.0504. The summed E-state index contributed by atoms with van der Waals surface area (Å²) in [4.78, 5) is 0. The van der Waals surface area contributed by atoms with Gasteiger partial charge >= 0.3 is 0 Å². The summed E-state index contributed by atoms with van der Waals surface area (Å²) in [5.41, 5.74) is 1.35. The van der Waals surface area contributed by atoms with Gasteiger partial charge in [0.25, 0.3) is 0 Å². The highest BCUT2D eigenvalue weighted by molar-refractivity contribution is 6.34. The molecular weight excluding hydrogens is 302 g/mol. The molecule has 20 heavy (non-hydrogen) atoms. The molecule has 1 N–H and O–H groups in total. The molecule has 0 saturated heterocycles. The minimum Gasteiger partial charge on any atom is -0.485 e. The van der Waals surface area contributed by atoms with Crippen molar-refractivity contribution < 1.29 is 14.2 Å². The number of hydrogen-bond acceptors (Lipinski definition) is 2. The summed E-state index contributed by atoms with van der Waals surface area (Å²) in [6.07, 6.45) is -0.743. The zero-order valence-electron chi connectivity index (χ0n) is 10.3. The van der Waals surface area contributed by atoms with Gasteiger partial charge in [-0.3, -0.25) is 0 Å². The van der Waals surface area contributed by atoms with E-state index in [4.69, 9.17) is 27.9 Å². The molecule has 2 aromatic rings. The van der Waals surface area contributed by atoms with E-state index in [2.05, 4.69) is 0 Å². The first-order valence-electron chi connectivity index (χ1n) is 6.13. The van der Waals surface area contributed by atoms with E-state index < -0.39 is 18.0 Å². The molecule has 3 rings (SSSR count). The summed E-state index contributed by atoms with van der Waals surface area (Å²) in [6.45, 7) is 0. The van der Waals surface area contributed by atoms with Gasteiger partial charge in [-0.05, 0) is 35.9 Å². The maximum Gasteiger partial charge on any atom is 0.128 e. The fourth-order valence-electron chi connectivity index (χ4n) is 2.38.